The van der Waals surface area contributed by atoms with Gasteiger partial charge in [-0.15, -0.1) is 0 Å². The van der Waals surface area contributed by atoms with Crippen molar-refractivity contribution >= 4 is 0 Å². The monoisotopic (exact) mass is 315 g/mol. The zero-order valence-corrected chi connectivity index (χ0v) is 16.5. The maximum absolute atomic E-state index is 2.66. The second-order valence-corrected chi connectivity index (χ2v) is 9.97. The molecule has 0 radical (unpaired) electrons. The van der Waals surface area contributed by atoms with Gasteiger partial charge in [0.05, 0.1) is 0 Å². The molecule has 0 atom stereocenters. The van der Waals surface area contributed by atoms with Crippen molar-refractivity contribution in [2.75, 3.05) is 19.6 Å². The van der Waals surface area contributed by atoms with Crippen LogP contribution in [-0.4, -0.2) is 24.5 Å². The summed E-state index contributed by atoms with van der Waals surface area (Å²) in [4.78, 5) is 2.66. The van der Waals surface area contributed by atoms with Crippen molar-refractivity contribution < 1.29 is 0 Å². The van der Waals surface area contributed by atoms with Gasteiger partial charge >= 0.3 is 0 Å². The highest BCUT2D eigenvalue weighted by atomic mass is 15.1. The first-order valence-electron chi connectivity index (χ1n) is 9.33. The summed E-state index contributed by atoms with van der Waals surface area (Å²) in [7, 11) is 0. The van der Waals surface area contributed by atoms with Crippen LogP contribution in [0.25, 0.3) is 0 Å². The lowest BCUT2D eigenvalue weighted by Crippen LogP contribution is -2.39. The molecule has 23 heavy (non-hydrogen) atoms. The highest BCUT2D eigenvalue weighted by Gasteiger charge is 2.27. The van der Waals surface area contributed by atoms with Crippen molar-refractivity contribution in [2.24, 2.45) is 5.41 Å². The first kappa shape index (κ1) is 18.5. The van der Waals surface area contributed by atoms with E-state index >= 15 is 0 Å². The largest absolute Gasteiger partial charge is 0.303 e. The summed E-state index contributed by atoms with van der Waals surface area (Å²) < 4.78 is 0. The first-order valence-corrected chi connectivity index (χ1v) is 9.33. The number of nitrogens with zero attached hydrogens (tertiary/aromatic N) is 1. The molecule has 0 spiro atoms. The number of piperidine rings is 1. The third-order valence-electron chi connectivity index (χ3n) is 5.80. The van der Waals surface area contributed by atoms with Crippen LogP contribution in [0, 0.1) is 5.41 Å². The summed E-state index contributed by atoms with van der Waals surface area (Å²) in [5.41, 5.74) is 3.94. The summed E-state index contributed by atoms with van der Waals surface area (Å²) in [6, 6.07) is 9.33. The molecular weight excluding hydrogens is 278 g/mol. The van der Waals surface area contributed by atoms with Crippen LogP contribution in [0.3, 0.4) is 0 Å². The molecule has 1 fully saturated rings. The Hall–Kier alpha value is -0.820. The van der Waals surface area contributed by atoms with Gasteiger partial charge in [0.2, 0.25) is 0 Å². The van der Waals surface area contributed by atoms with Gasteiger partial charge < -0.3 is 4.90 Å². The smallest absolute Gasteiger partial charge is 0.00104 e. The third kappa shape index (κ3) is 5.08. The summed E-state index contributed by atoms with van der Waals surface area (Å²) >= 11 is 0. The van der Waals surface area contributed by atoms with E-state index in [1.54, 1.807) is 0 Å². The van der Waals surface area contributed by atoms with Crippen LogP contribution in [-0.2, 0) is 10.8 Å². The fourth-order valence-electron chi connectivity index (χ4n) is 3.39. The van der Waals surface area contributed by atoms with Crippen molar-refractivity contribution in [2.45, 2.75) is 78.6 Å². The van der Waals surface area contributed by atoms with Gasteiger partial charge in [0.25, 0.3) is 0 Å². The Morgan fingerprint density at radius 2 is 1.35 bits per heavy atom. The lowest BCUT2D eigenvalue weighted by atomic mass is 9.78. The molecule has 0 aliphatic carbocycles. The molecule has 1 aliphatic heterocycles. The minimum atomic E-state index is 0.239. The average molecular weight is 316 g/mol. The zero-order valence-electron chi connectivity index (χ0n) is 16.5. The lowest BCUT2D eigenvalue weighted by molar-refractivity contribution is 0.125. The highest BCUT2D eigenvalue weighted by molar-refractivity contribution is 5.31. The van der Waals surface area contributed by atoms with Crippen LogP contribution in [0.5, 0.6) is 0 Å². The molecule has 1 aliphatic rings. The Bertz CT molecular complexity index is 492. The molecule has 1 aromatic carbocycles. The normalized spacial score (nSPS) is 19.8. The molecule has 0 amide bonds. The van der Waals surface area contributed by atoms with Gasteiger partial charge in [-0.1, -0.05) is 72.7 Å². The van der Waals surface area contributed by atoms with Gasteiger partial charge in [-0.2, -0.15) is 0 Å². The summed E-state index contributed by atoms with van der Waals surface area (Å²) in [6.07, 6.45) is 3.92. The van der Waals surface area contributed by atoms with Gasteiger partial charge in [0.15, 0.2) is 0 Å². The van der Waals surface area contributed by atoms with E-state index in [-0.39, 0.29) is 10.8 Å². The molecule has 0 unspecified atom stereocenters. The maximum atomic E-state index is 2.66. The molecule has 130 valence electrons. The van der Waals surface area contributed by atoms with Crippen LogP contribution in [0.15, 0.2) is 24.3 Å². The molecule has 1 heterocycles. The highest BCUT2D eigenvalue weighted by Crippen LogP contribution is 2.33. The molecule has 1 aromatic rings. The molecule has 0 saturated carbocycles. The Kier molecular flexibility index (Phi) is 5.31. The van der Waals surface area contributed by atoms with Gasteiger partial charge in [-0.05, 0) is 66.3 Å². The van der Waals surface area contributed by atoms with Crippen molar-refractivity contribution in [1.82, 2.24) is 4.90 Å². The van der Waals surface area contributed by atoms with Crippen LogP contribution in [0.1, 0.15) is 78.9 Å². The van der Waals surface area contributed by atoms with Crippen molar-refractivity contribution in [3.8, 4) is 0 Å². The fraction of sp³-hybridized carbons (Fsp3) is 0.727. The zero-order chi connectivity index (χ0) is 17.3. The number of benzene rings is 1. The third-order valence-corrected chi connectivity index (χ3v) is 5.80. The number of hydrogen-bond donors (Lipinski definition) is 0. The summed E-state index contributed by atoms with van der Waals surface area (Å²) in [5, 5.41) is 0. The molecular formula is C22H37N. The van der Waals surface area contributed by atoms with Crippen LogP contribution < -0.4 is 0 Å². The topological polar surface area (TPSA) is 3.24 Å². The Morgan fingerprint density at radius 3 is 1.83 bits per heavy atom. The minimum absolute atomic E-state index is 0.239. The van der Waals surface area contributed by atoms with Gasteiger partial charge in [0, 0.05) is 0 Å². The van der Waals surface area contributed by atoms with E-state index in [1.807, 2.05) is 0 Å². The molecule has 1 nitrogen and oxygen atoms in total. The number of hydrogen-bond acceptors (Lipinski definition) is 1. The predicted molar refractivity (Wildman–Crippen MR) is 102 cm³/mol. The van der Waals surface area contributed by atoms with Crippen LogP contribution in [0.2, 0.25) is 0 Å². The van der Waals surface area contributed by atoms with E-state index in [9.17, 15) is 0 Å². The Labute approximate surface area is 144 Å². The van der Waals surface area contributed by atoms with E-state index in [0.717, 1.165) is 0 Å². The molecule has 0 aromatic heterocycles. The Balaban J connectivity index is 1.94. The fourth-order valence-corrected chi connectivity index (χ4v) is 3.39. The molecule has 2 rings (SSSR count). The molecule has 1 saturated heterocycles. The van der Waals surface area contributed by atoms with E-state index in [1.165, 1.54) is 50.0 Å². The lowest BCUT2D eigenvalue weighted by Gasteiger charge is -2.38. The van der Waals surface area contributed by atoms with Gasteiger partial charge in [0.1, 0.15) is 0 Å². The van der Waals surface area contributed by atoms with Crippen molar-refractivity contribution in [1.29, 1.82) is 0 Å². The maximum Gasteiger partial charge on any atom is -0.00104 e. The second-order valence-electron chi connectivity index (χ2n) is 9.97. The van der Waals surface area contributed by atoms with E-state index in [0.29, 0.717) is 5.41 Å². The van der Waals surface area contributed by atoms with Crippen LogP contribution in [0.4, 0.5) is 0 Å². The molecule has 0 bridgehead atoms. The van der Waals surface area contributed by atoms with E-state index in [4.69, 9.17) is 0 Å². The number of rotatable bonds is 4. The summed E-state index contributed by atoms with van der Waals surface area (Å²) in [5.74, 6) is 0. The molecule has 1 heteroatoms. The predicted octanol–water partition coefficient (Wildman–Crippen LogP) is 5.77. The summed E-state index contributed by atoms with van der Waals surface area (Å²) in [6.45, 7) is 20.2. The SMILES string of the molecule is CC1(C)CCN(CCC(C)(C)c2ccc(C(C)(C)C)cc2)CC1. The number of likely N-dealkylation sites (tertiary alicyclic amines) is 1. The van der Waals surface area contributed by atoms with Crippen molar-refractivity contribution in [3.05, 3.63) is 35.4 Å². The standard InChI is InChI=1S/C22H37N/c1-20(2,3)18-8-10-19(11-9-18)22(6,7)14-17-23-15-12-21(4,5)13-16-23/h8-11H,12-17H2,1-7H3. The first-order chi connectivity index (χ1) is 10.5. The second kappa shape index (κ2) is 6.59. The quantitative estimate of drug-likeness (QED) is 0.681. The van der Waals surface area contributed by atoms with Crippen molar-refractivity contribution in [3.63, 3.8) is 0 Å². The van der Waals surface area contributed by atoms with Crippen LogP contribution >= 0.6 is 0 Å². The van der Waals surface area contributed by atoms with E-state index < -0.39 is 0 Å². The average Bonchev–Trinajstić information content (AvgIpc) is 2.45. The van der Waals surface area contributed by atoms with Gasteiger partial charge in [-0.3, -0.25) is 0 Å². The van der Waals surface area contributed by atoms with E-state index in [2.05, 4.69) is 77.6 Å². The minimum Gasteiger partial charge on any atom is -0.303 e. The molecule has 0 N–H and O–H groups in total. The Morgan fingerprint density at radius 1 is 0.870 bits per heavy atom. The van der Waals surface area contributed by atoms with Gasteiger partial charge in [-0.25, -0.2) is 0 Å².